The van der Waals surface area contributed by atoms with Crippen LogP contribution < -0.4 is 0 Å². The lowest BCUT2D eigenvalue weighted by molar-refractivity contribution is -0.137. The summed E-state index contributed by atoms with van der Waals surface area (Å²) in [4.78, 5) is 16.4. The summed E-state index contributed by atoms with van der Waals surface area (Å²) >= 11 is 0. The largest absolute Gasteiger partial charge is 0.395 e. The minimum Gasteiger partial charge on any atom is -0.395 e. The third-order valence-corrected chi connectivity index (χ3v) is 3.72. The second kappa shape index (κ2) is 7.10. The number of carbonyl (C=O) groups is 1. The van der Waals surface area contributed by atoms with E-state index >= 15 is 0 Å². The quantitative estimate of drug-likeness (QED) is 0.750. The SMILES string of the molecule is CC(C)N(C(=O)CN(CCO)C1CCC1)C(C)C. The minimum absolute atomic E-state index is 0.132. The Morgan fingerprint density at radius 3 is 2.11 bits per heavy atom. The number of hydrogen-bond acceptors (Lipinski definition) is 3. The molecule has 1 aliphatic rings. The number of aliphatic hydroxyl groups excluding tert-OH is 1. The van der Waals surface area contributed by atoms with Gasteiger partial charge in [0.05, 0.1) is 13.2 Å². The van der Waals surface area contributed by atoms with Crippen LogP contribution in [0.1, 0.15) is 47.0 Å². The molecule has 1 amide bonds. The van der Waals surface area contributed by atoms with Crippen molar-refractivity contribution in [3.05, 3.63) is 0 Å². The van der Waals surface area contributed by atoms with Gasteiger partial charge in [-0.25, -0.2) is 0 Å². The van der Waals surface area contributed by atoms with Crippen molar-refractivity contribution in [2.24, 2.45) is 0 Å². The highest BCUT2D eigenvalue weighted by Gasteiger charge is 2.28. The summed E-state index contributed by atoms with van der Waals surface area (Å²) in [6.07, 6.45) is 3.58. The summed E-state index contributed by atoms with van der Waals surface area (Å²) in [6, 6.07) is 0.965. The van der Waals surface area contributed by atoms with E-state index in [4.69, 9.17) is 5.11 Å². The standard InChI is InChI=1S/C14H28N2O2/c1-11(2)16(12(3)4)14(18)10-15(8-9-17)13-6-5-7-13/h11-13,17H,5-10H2,1-4H3. The normalized spacial score (nSPS) is 16.4. The fraction of sp³-hybridized carbons (Fsp3) is 0.929. The molecule has 0 aromatic heterocycles. The number of aliphatic hydroxyl groups is 1. The van der Waals surface area contributed by atoms with Crippen molar-refractivity contribution in [3.63, 3.8) is 0 Å². The van der Waals surface area contributed by atoms with E-state index in [1.807, 2.05) is 4.90 Å². The molecule has 0 heterocycles. The van der Waals surface area contributed by atoms with E-state index in [-0.39, 0.29) is 24.6 Å². The van der Waals surface area contributed by atoms with E-state index in [2.05, 4.69) is 32.6 Å². The van der Waals surface area contributed by atoms with E-state index < -0.39 is 0 Å². The molecule has 4 nitrogen and oxygen atoms in total. The highest BCUT2D eigenvalue weighted by Crippen LogP contribution is 2.24. The zero-order chi connectivity index (χ0) is 13.7. The fourth-order valence-corrected chi connectivity index (χ4v) is 2.70. The van der Waals surface area contributed by atoms with E-state index in [1.165, 1.54) is 6.42 Å². The molecule has 0 radical (unpaired) electrons. The van der Waals surface area contributed by atoms with Crippen LogP contribution in [0.5, 0.6) is 0 Å². The van der Waals surface area contributed by atoms with Crippen molar-refractivity contribution in [2.75, 3.05) is 19.7 Å². The molecule has 0 aromatic carbocycles. The zero-order valence-electron chi connectivity index (χ0n) is 12.2. The molecule has 0 spiro atoms. The molecule has 0 aliphatic heterocycles. The Balaban J connectivity index is 2.58. The first kappa shape index (κ1) is 15.4. The molecule has 18 heavy (non-hydrogen) atoms. The number of rotatable bonds is 7. The number of carbonyl (C=O) groups excluding carboxylic acids is 1. The summed E-state index contributed by atoms with van der Waals surface area (Å²) in [7, 11) is 0. The molecule has 1 aliphatic carbocycles. The summed E-state index contributed by atoms with van der Waals surface area (Å²) in [5, 5.41) is 9.11. The predicted octanol–water partition coefficient (Wildman–Crippen LogP) is 1.48. The van der Waals surface area contributed by atoms with Crippen LogP contribution in [0.15, 0.2) is 0 Å². The van der Waals surface area contributed by atoms with Gasteiger partial charge in [0.1, 0.15) is 0 Å². The van der Waals surface area contributed by atoms with Crippen molar-refractivity contribution in [2.45, 2.75) is 65.1 Å². The smallest absolute Gasteiger partial charge is 0.237 e. The monoisotopic (exact) mass is 256 g/mol. The predicted molar refractivity (Wildman–Crippen MR) is 73.4 cm³/mol. The van der Waals surface area contributed by atoms with Gasteiger partial charge in [-0.1, -0.05) is 6.42 Å². The van der Waals surface area contributed by atoms with Crippen molar-refractivity contribution in [1.82, 2.24) is 9.80 Å². The van der Waals surface area contributed by atoms with Gasteiger partial charge in [0, 0.05) is 24.7 Å². The molecule has 0 saturated heterocycles. The average Bonchev–Trinajstić information content (AvgIpc) is 2.13. The maximum atomic E-state index is 12.4. The van der Waals surface area contributed by atoms with Crippen LogP contribution in [0.3, 0.4) is 0 Å². The molecular formula is C14H28N2O2. The van der Waals surface area contributed by atoms with Gasteiger partial charge in [0.2, 0.25) is 5.91 Å². The number of nitrogens with zero attached hydrogens (tertiary/aromatic N) is 2. The van der Waals surface area contributed by atoms with Crippen molar-refractivity contribution >= 4 is 5.91 Å². The molecule has 1 N–H and O–H groups in total. The number of hydrogen-bond donors (Lipinski definition) is 1. The highest BCUT2D eigenvalue weighted by atomic mass is 16.3. The molecule has 0 atom stereocenters. The molecule has 1 fully saturated rings. The molecule has 4 heteroatoms. The Morgan fingerprint density at radius 1 is 1.22 bits per heavy atom. The fourth-order valence-electron chi connectivity index (χ4n) is 2.70. The van der Waals surface area contributed by atoms with Gasteiger partial charge in [0.25, 0.3) is 0 Å². The lowest BCUT2D eigenvalue weighted by atomic mass is 9.91. The second-order valence-corrected chi connectivity index (χ2v) is 5.77. The van der Waals surface area contributed by atoms with Crippen LogP contribution in [0, 0.1) is 0 Å². The average molecular weight is 256 g/mol. The van der Waals surface area contributed by atoms with Gasteiger partial charge in [-0.15, -0.1) is 0 Å². The second-order valence-electron chi connectivity index (χ2n) is 5.77. The summed E-state index contributed by atoms with van der Waals surface area (Å²) in [5.41, 5.74) is 0. The van der Waals surface area contributed by atoms with Crippen molar-refractivity contribution in [3.8, 4) is 0 Å². The van der Waals surface area contributed by atoms with E-state index in [9.17, 15) is 4.79 Å². The van der Waals surface area contributed by atoms with Crippen molar-refractivity contribution in [1.29, 1.82) is 0 Å². The first-order valence-corrected chi connectivity index (χ1v) is 7.13. The van der Waals surface area contributed by atoms with Gasteiger partial charge < -0.3 is 10.0 Å². The third-order valence-electron chi connectivity index (χ3n) is 3.72. The summed E-state index contributed by atoms with van der Waals surface area (Å²) in [5.74, 6) is 0.181. The summed E-state index contributed by atoms with van der Waals surface area (Å²) < 4.78 is 0. The maximum absolute atomic E-state index is 12.4. The van der Waals surface area contributed by atoms with Gasteiger partial charge in [-0.3, -0.25) is 9.69 Å². The van der Waals surface area contributed by atoms with E-state index in [0.717, 1.165) is 12.8 Å². The van der Waals surface area contributed by atoms with E-state index in [1.54, 1.807) is 0 Å². The van der Waals surface area contributed by atoms with Crippen LogP contribution in [0.25, 0.3) is 0 Å². The Hall–Kier alpha value is -0.610. The molecule has 1 rings (SSSR count). The first-order valence-electron chi connectivity index (χ1n) is 7.13. The van der Waals surface area contributed by atoms with Gasteiger partial charge >= 0.3 is 0 Å². The molecule has 0 bridgehead atoms. The van der Waals surface area contributed by atoms with E-state index in [0.29, 0.717) is 19.1 Å². The van der Waals surface area contributed by atoms with Crippen LogP contribution >= 0.6 is 0 Å². The Bertz CT molecular complexity index is 255. The lowest BCUT2D eigenvalue weighted by Crippen LogP contribution is -2.51. The molecule has 0 unspecified atom stereocenters. The van der Waals surface area contributed by atoms with Crippen LogP contribution in [-0.4, -0.2) is 58.6 Å². The van der Waals surface area contributed by atoms with Gasteiger partial charge in [0.15, 0.2) is 0 Å². The third kappa shape index (κ3) is 3.95. The number of amides is 1. The Kier molecular flexibility index (Phi) is 6.09. The minimum atomic E-state index is 0.132. The summed E-state index contributed by atoms with van der Waals surface area (Å²) in [6.45, 7) is 9.40. The lowest BCUT2D eigenvalue weighted by Gasteiger charge is -2.39. The maximum Gasteiger partial charge on any atom is 0.237 e. The van der Waals surface area contributed by atoms with Gasteiger partial charge in [-0.05, 0) is 40.5 Å². The Labute approximate surface area is 111 Å². The molecular weight excluding hydrogens is 228 g/mol. The molecule has 1 saturated carbocycles. The topological polar surface area (TPSA) is 43.8 Å². The van der Waals surface area contributed by atoms with Crippen molar-refractivity contribution < 1.29 is 9.90 Å². The first-order chi connectivity index (χ1) is 8.47. The van der Waals surface area contributed by atoms with Crippen LogP contribution in [-0.2, 0) is 4.79 Å². The van der Waals surface area contributed by atoms with Crippen LogP contribution in [0.2, 0.25) is 0 Å². The zero-order valence-corrected chi connectivity index (χ0v) is 12.2. The molecule has 0 aromatic rings. The van der Waals surface area contributed by atoms with Gasteiger partial charge in [-0.2, -0.15) is 0 Å². The van der Waals surface area contributed by atoms with Crippen LogP contribution in [0.4, 0.5) is 0 Å². The Morgan fingerprint density at radius 2 is 1.78 bits per heavy atom. The molecule has 106 valence electrons. The highest BCUT2D eigenvalue weighted by molar-refractivity contribution is 5.78.